The van der Waals surface area contributed by atoms with Crippen LogP contribution in [0.25, 0.3) is 0 Å². The summed E-state index contributed by atoms with van der Waals surface area (Å²) in [5.74, 6) is 0.862. The van der Waals surface area contributed by atoms with Crippen molar-refractivity contribution in [2.75, 3.05) is 0 Å². The van der Waals surface area contributed by atoms with Gasteiger partial charge in [-0.15, -0.1) is 0 Å². The molecule has 0 radical (unpaired) electrons. The zero-order valence-electron chi connectivity index (χ0n) is 14.5. The van der Waals surface area contributed by atoms with E-state index in [-0.39, 0.29) is 6.92 Å². The maximum absolute atomic E-state index is 6.33. The largest absolute Gasteiger partial charge is 0.419 e. The quantitative estimate of drug-likeness (QED) is 0.639. The van der Waals surface area contributed by atoms with Crippen LogP contribution < -0.4 is 10.9 Å². The van der Waals surface area contributed by atoms with Crippen molar-refractivity contribution in [3.8, 4) is 0 Å². The Hall–Kier alpha value is -1.75. The van der Waals surface area contributed by atoms with Crippen LogP contribution in [0.4, 0.5) is 0 Å². The lowest BCUT2D eigenvalue weighted by Gasteiger charge is -2.17. The van der Waals surface area contributed by atoms with Crippen LogP contribution in [0, 0.1) is 13.8 Å². The molecule has 0 aliphatic carbocycles. The third-order valence-electron chi connectivity index (χ3n) is 4.30. The van der Waals surface area contributed by atoms with Gasteiger partial charge in [0.05, 0.1) is 6.61 Å². The minimum Gasteiger partial charge on any atom is -0.419 e. The summed E-state index contributed by atoms with van der Waals surface area (Å²) < 4.78 is 8.17. The van der Waals surface area contributed by atoms with E-state index in [2.05, 4.69) is 4.98 Å². The van der Waals surface area contributed by atoms with Gasteiger partial charge >= 0.3 is 6.92 Å². The summed E-state index contributed by atoms with van der Waals surface area (Å²) in [5.41, 5.74) is 4.06. The first kappa shape index (κ1) is 18.1. The minimum atomic E-state index is -0.270. The first-order valence-corrected chi connectivity index (χ1v) is 8.81. The molecule has 0 fully saturated rings. The third-order valence-corrected chi connectivity index (χ3v) is 5.11. The van der Waals surface area contributed by atoms with Gasteiger partial charge in [0.1, 0.15) is 5.82 Å². The van der Waals surface area contributed by atoms with E-state index < -0.39 is 0 Å². The fraction of sp³-hybridized carbons (Fsp3) is 0.211. The number of aryl methyl sites for hydroxylation is 3. The second-order valence-electron chi connectivity index (χ2n) is 6.16. The number of hydrogen-bond acceptors (Lipinski definition) is 2. The van der Waals surface area contributed by atoms with Gasteiger partial charge in [-0.25, -0.2) is 4.98 Å². The molecule has 2 aromatic carbocycles. The lowest BCUT2D eigenvalue weighted by molar-refractivity contribution is 0.306. The number of hydrogen-bond donors (Lipinski definition) is 0. The highest BCUT2D eigenvalue weighted by atomic mass is 35.5. The normalized spacial score (nSPS) is 10.9. The minimum absolute atomic E-state index is 0.270. The first-order chi connectivity index (χ1) is 12.0. The summed E-state index contributed by atoms with van der Waals surface area (Å²) in [4.78, 5) is 4.32. The molecule has 0 spiro atoms. The van der Waals surface area contributed by atoms with Gasteiger partial charge in [-0.3, -0.25) is 0 Å². The molecule has 0 aliphatic heterocycles. The monoisotopic (exact) mass is 372 g/mol. The lowest BCUT2D eigenvalue weighted by atomic mass is 9.55. The number of imidazole rings is 1. The Balaban J connectivity index is 1.96. The molecule has 0 saturated carbocycles. The highest BCUT2D eigenvalue weighted by Crippen LogP contribution is 2.15. The molecule has 0 bridgehead atoms. The molecule has 1 heterocycles. The number of benzene rings is 2. The van der Waals surface area contributed by atoms with E-state index in [4.69, 9.17) is 27.9 Å². The SMILES string of the molecule is Cc1ccc(B(OCc2nccn2C)c2ccc(C)c(Cl)c2)cc1Cl. The molecule has 0 unspecified atom stereocenters. The van der Waals surface area contributed by atoms with Crippen molar-refractivity contribution in [2.24, 2.45) is 7.05 Å². The van der Waals surface area contributed by atoms with E-state index in [9.17, 15) is 0 Å². The molecule has 0 aliphatic rings. The van der Waals surface area contributed by atoms with Gasteiger partial charge in [0.15, 0.2) is 0 Å². The summed E-state index contributed by atoms with van der Waals surface area (Å²) in [6, 6.07) is 12.0. The molecule has 3 rings (SSSR count). The summed E-state index contributed by atoms with van der Waals surface area (Å²) in [5, 5.41) is 1.45. The van der Waals surface area contributed by atoms with Crippen LogP contribution >= 0.6 is 23.2 Å². The Morgan fingerprint density at radius 3 is 2.00 bits per heavy atom. The predicted molar refractivity (Wildman–Crippen MR) is 105 cm³/mol. The Kier molecular flexibility index (Phi) is 5.53. The zero-order valence-corrected chi connectivity index (χ0v) is 16.0. The van der Waals surface area contributed by atoms with E-state index in [1.54, 1.807) is 6.20 Å². The molecule has 0 amide bonds. The molecule has 128 valence electrons. The number of rotatable bonds is 5. The van der Waals surface area contributed by atoms with Crippen LogP contribution in [-0.2, 0) is 18.3 Å². The molecule has 3 aromatic rings. The third kappa shape index (κ3) is 4.09. The van der Waals surface area contributed by atoms with Crippen molar-refractivity contribution in [1.82, 2.24) is 9.55 Å². The second kappa shape index (κ2) is 7.65. The fourth-order valence-corrected chi connectivity index (χ4v) is 3.00. The highest BCUT2D eigenvalue weighted by Gasteiger charge is 2.23. The van der Waals surface area contributed by atoms with Crippen molar-refractivity contribution < 1.29 is 4.65 Å². The number of aromatic nitrogens is 2. The van der Waals surface area contributed by atoms with E-state index in [1.807, 2.05) is 68.1 Å². The predicted octanol–water partition coefficient (Wildman–Crippen LogP) is 3.67. The maximum atomic E-state index is 6.33. The van der Waals surface area contributed by atoms with Crippen molar-refractivity contribution in [1.29, 1.82) is 0 Å². The van der Waals surface area contributed by atoms with Gasteiger partial charge in [-0.2, -0.15) is 0 Å². The molecule has 0 N–H and O–H groups in total. The Bertz CT molecular complexity index is 843. The molecule has 0 saturated heterocycles. The molecule has 6 heteroatoms. The average Bonchev–Trinajstić information content (AvgIpc) is 2.99. The van der Waals surface area contributed by atoms with E-state index in [0.29, 0.717) is 6.61 Å². The summed E-state index contributed by atoms with van der Waals surface area (Å²) in [7, 11) is 1.95. The van der Waals surface area contributed by atoms with Gasteiger partial charge in [-0.1, -0.05) is 47.5 Å². The average molecular weight is 373 g/mol. The molecule has 25 heavy (non-hydrogen) atoms. The summed E-state index contributed by atoms with van der Waals surface area (Å²) in [6.07, 6.45) is 3.67. The van der Waals surface area contributed by atoms with Crippen LogP contribution in [0.3, 0.4) is 0 Å². The van der Waals surface area contributed by atoms with E-state index >= 15 is 0 Å². The fourth-order valence-electron chi connectivity index (χ4n) is 2.62. The molecular weight excluding hydrogens is 354 g/mol. The zero-order chi connectivity index (χ0) is 18.0. The van der Waals surface area contributed by atoms with Crippen molar-refractivity contribution >= 4 is 41.0 Å². The first-order valence-electron chi connectivity index (χ1n) is 8.05. The van der Waals surface area contributed by atoms with Crippen LogP contribution in [0.1, 0.15) is 17.0 Å². The molecule has 1 aromatic heterocycles. The van der Waals surface area contributed by atoms with Crippen LogP contribution in [-0.4, -0.2) is 16.5 Å². The van der Waals surface area contributed by atoms with Gasteiger partial charge in [0.25, 0.3) is 0 Å². The van der Waals surface area contributed by atoms with Crippen LogP contribution in [0.2, 0.25) is 10.0 Å². The smallest absolute Gasteiger partial charge is 0.362 e. The van der Waals surface area contributed by atoms with Gasteiger partial charge in [-0.05, 0) is 48.0 Å². The maximum Gasteiger partial charge on any atom is 0.362 e. The lowest BCUT2D eigenvalue weighted by Crippen LogP contribution is -2.45. The Morgan fingerprint density at radius 2 is 1.56 bits per heavy atom. The van der Waals surface area contributed by atoms with Gasteiger partial charge in [0, 0.05) is 29.5 Å². The Labute approximate surface area is 158 Å². The second-order valence-corrected chi connectivity index (χ2v) is 6.98. The van der Waals surface area contributed by atoms with Crippen molar-refractivity contribution in [3.63, 3.8) is 0 Å². The number of nitrogens with zero attached hydrogens (tertiary/aromatic N) is 2. The summed E-state index contributed by atoms with van der Waals surface area (Å²) >= 11 is 12.7. The van der Waals surface area contributed by atoms with Crippen LogP contribution in [0.5, 0.6) is 0 Å². The van der Waals surface area contributed by atoms with Gasteiger partial charge < -0.3 is 9.22 Å². The molecular formula is C19H19BCl2N2O. The Morgan fingerprint density at radius 1 is 1.00 bits per heavy atom. The van der Waals surface area contributed by atoms with E-state index in [0.717, 1.165) is 37.9 Å². The number of halogens is 2. The van der Waals surface area contributed by atoms with Crippen LogP contribution in [0.15, 0.2) is 48.8 Å². The molecule has 0 atom stereocenters. The van der Waals surface area contributed by atoms with Gasteiger partial charge in [0.2, 0.25) is 0 Å². The highest BCUT2D eigenvalue weighted by molar-refractivity contribution is 6.80. The van der Waals surface area contributed by atoms with E-state index in [1.165, 1.54) is 0 Å². The standard InChI is InChI=1S/C19H19BCl2N2O/c1-13-4-6-15(10-17(13)21)20(16-7-5-14(2)18(22)11-16)25-12-19-23-8-9-24(19)3/h4-11H,12H2,1-3H3. The molecule has 3 nitrogen and oxygen atoms in total. The van der Waals surface area contributed by atoms with Crippen molar-refractivity contribution in [3.05, 3.63) is 75.8 Å². The topological polar surface area (TPSA) is 27.1 Å². The summed E-state index contributed by atoms with van der Waals surface area (Å²) in [6.45, 7) is 4.09. The van der Waals surface area contributed by atoms with Crippen molar-refractivity contribution in [2.45, 2.75) is 20.5 Å².